The SMILES string of the molecule is CCC(C)(C(Cc1ccn(C)n1)NC)N1CCCCC1. The van der Waals surface area contributed by atoms with Crippen LogP contribution in [0, 0.1) is 0 Å². The highest BCUT2D eigenvalue weighted by Gasteiger charge is 2.38. The van der Waals surface area contributed by atoms with Crippen molar-refractivity contribution in [2.75, 3.05) is 20.1 Å². The number of hydrogen-bond donors (Lipinski definition) is 1. The second-order valence-electron chi connectivity index (χ2n) is 6.28. The molecule has 1 aliphatic rings. The molecule has 0 aromatic carbocycles. The third-order valence-electron chi connectivity index (χ3n) is 5.08. The standard InChI is InChI=1S/C16H30N4/c1-5-16(2,20-10-7-6-8-11-20)15(17-3)13-14-9-12-19(4)18-14/h9,12,15,17H,5-8,10-11,13H2,1-4H3. The molecular formula is C16H30N4. The third-order valence-corrected chi connectivity index (χ3v) is 5.08. The van der Waals surface area contributed by atoms with E-state index in [1.807, 2.05) is 17.9 Å². The van der Waals surface area contributed by atoms with Gasteiger partial charge in [0, 0.05) is 31.2 Å². The predicted molar refractivity (Wildman–Crippen MR) is 83.9 cm³/mol. The van der Waals surface area contributed by atoms with E-state index in [0.717, 1.165) is 6.42 Å². The summed E-state index contributed by atoms with van der Waals surface area (Å²) in [6.45, 7) is 7.22. The Morgan fingerprint density at radius 3 is 2.55 bits per heavy atom. The minimum atomic E-state index is 0.215. The van der Waals surface area contributed by atoms with Gasteiger partial charge in [-0.05, 0) is 52.4 Å². The van der Waals surface area contributed by atoms with Crippen LogP contribution in [0.3, 0.4) is 0 Å². The molecule has 20 heavy (non-hydrogen) atoms. The maximum Gasteiger partial charge on any atom is 0.0640 e. The van der Waals surface area contributed by atoms with Crippen molar-refractivity contribution in [1.29, 1.82) is 0 Å². The summed E-state index contributed by atoms with van der Waals surface area (Å²) in [5, 5.41) is 8.11. The molecule has 2 atom stereocenters. The molecule has 1 aliphatic heterocycles. The molecular weight excluding hydrogens is 248 g/mol. The molecule has 0 saturated carbocycles. The first kappa shape index (κ1) is 15.5. The summed E-state index contributed by atoms with van der Waals surface area (Å²) in [4.78, 5) is 2.70. The van der Waals surface area contributed by atoms with Crippen molar-refractivity contribution >= 4 is 0 Å². The summed E-state index contributed by atoms with van der Waals surface area (Å²) in [5.41, 5.74) is 1.40. The van der Waals surface area contributed by atoms with Gasteiger partial charge in [0.1, 0.15) is 0 Å². The number of likely N-dealkylation sites (N-methyl/N-ethyl adjacent to an activating group) is 1. The van der Waals surface area contributed by atoms with Crippen molar-refractivity contribution in [2.24, 2.45) is 7.05 Å². The molecule has 2 unspecified atom stereocenters. The van der Waals surface area contributed by atoms with E-state index < -0.39 is 0 Å². The fourth-order valence-corrected chi connectivity index (χ4v) is 3.51. The fourth-order valence-electron chi connectivity index (χ4n) is 3.51. The minimum absolute atomic E-state index is 0.215. The summed E-state index contributed by atoms with van der Waals surface area (Å²) in [7, 11) is 4.08. The van der Waals surface area contributed by atoms with E-state index in [4.69, 9.17) is 0 Å². The normalized spacial score (nSPS) is 21.6. The quantitative estimate of drug-likeness (QED) is 0.866. The van der Waals surface area contributed by atoms with Gasteiger partial charge >= 0.3 is 0 Å². The number of likely N-dealkylation sites (tertiary alicyclic amines) is 1. The molecule has 1 N–H and O–H groups in total. The smallest absolute Gasteiger partial charge is 0.0640 e. The van der Waals surface area contributed by atoms with Crippen LogP contribution in [0.15, 0.2) is 12.3 Å². The topological polar surface area (TPSA) is 33.1 Å². The maximum atomic E-state index is 4.55. The number of hydrogen-bond acceptors (Lipinski definition) is 3. The molecule has 0 radical (unpaired) electrons. The molecule has 1 saturated heterocycles. The van der Waals surface area contributed by atoms with Crippen LogP contribution in [-0.4, -0.2) is 46.4 Å². The first-order valence-electron chi connectivity index (χ1n) is 8.01. The van der Waals surface area contributed by atoms with E-state index in [1.54, 1.807) is 0 Å². The number of nitrogens with one attached hydrogen (secondary N) is 1. The number of aryl methyl sites for hydroxylation is 1. The second kappa shape index (κ2) is 6.72. The number of aromatic nitrogens is 2. The summed E-state index contributed by atoms with van der Waals surface area (Å²) < 4.78 is 1.90. The van der Waals surface area contributed by atoms with Gasteiger partial charge in [0.15, 0.2) is 0 Å². The molecule has 1 aromatic heterocycles. The van der Waals surface area contributed by atoms with Gasteiger partial charge < -0.3 is 5.32 Å². The molecule has 1 fully saturated rings. The lowest BCUT2D eigenvalue weighted by Crippen LogP contribution is -2.60. The van der Waals surface area contributed by atoms with Crippen molar-refractivity contribution in [3.05, 3.63) is 18.0 Å². The highest BCUT2D eigenvalue weighted by atomic mass is 15.3. The average Bonchev–Trinajstić information content (AvgIpc) is 2.90. The molecule has 0 amide bonds. The Hall–Kier alpha value is -0.870. The van der Waals surface area contributed by atoms with Gasteiger partial charge in [0.25, 0.3) is 0 Å². The molecule has 0 aliphatic carbocycles. The molecule has 1 aromatic rings. The Bertz CT molecular complexity index is 408. The monoisotopic (exact) mass is 278 g/mol. The summed E-state index contributed by atoms with van der Waals surface area (Å²) in [6, 6.07) is 2.58. The van der Waals surface area contributed by atoms with Crippen LogP contribution in [0.1, 0.15) is 45.2 Å². The van der Waals surface area contributed by atoms with Crippen molar-refractivity contribution in [3.63, 3.8) is 0 Å². The van der Waals surface area contributed by atoms with Crippen LogP contribution in [0.4, 0.5) is 0 Å². The van der Waals surface area contributed by atoms with Crippen LogP contribution >= 0.6 is 0 Å². The van der Waals surface area contributed by atoms with Crippen molar-refractivity contribution in [1.82, 2.24) is 20.0 Å². The summed E-state index contributed by atoms with van der Waals surface area (Å²) in [6.07, 6.45) is 8.28. The van der Waals surface area contributed by atoms with Crippen molar-refractivity contribution in [2.45, 2.75) is 57.5 Å². The van der Waals surface area contributed by atoms with Crippen LogP contribution < -0.4 is 5.32 Å². The summed E-state index contributed by atoms with van der Waals surface area (Å²) >= 11 is 0. The van der Waals surface area contributed by atoms with Gasteiger partial charge in [-0.1, -0.05) is 13.3 Å². The zero-order chi connectivity index (χ0) is 14.6. The molecule has 0 spiro atoms. The van der Waals surface area contributed by atoms with Gasteiger partial charge in [-0.2, -0.15) is 5.10 Å². The minimum Gasteiger partial charge on any atom is -0.315 e. The Balaban J connectivity index is 2.12. The maximum absolute atomic E-state index is 4.55. The van der Waals surface area contributed by atoms with Gasteiger partial charge in [-0.25, -0.2) is 0 Å². The lowest BCUT2D eigenvalue weighted by atomic mass is 9.83. The predicted octanol–water partition coefficient (Wildman–Crippen LogP) is 2.21. The Kier molecular flexibility index (Phi) is 5.22. The molecule has 114 valence electrons. The van der Waals surface area contributed by atoms with E-state index >= 15 is 0 Å². The number of rotatable bonds is 6. The highest BCUT2D eigenvalue weighted by molar-refractivity contribution is 5.07. The van der Waals surface area contributed by atoms with E-state index in [1.165, 1.54) is 44.5 Å². The highest BCUT2D eigenvalue weighted by Crippen LogP contribution is 2.28. The molecule has 0 bridgehead atoms. The first-order chi connectivity index (χ1) is 9.60. The van der Waals surface area contributed by atoms with Gasteiger partial charge in [-0.15, -0.1) is 0 Å². The van der Waals surface area contributed by atoms with E-state index in [0.29, 0.717) is 6.04 Å². The van der Waals surface area contributed by atoms with Crippen molar-refractivity contribution in [3.8, 4) is 0 Å². The molecule has 4 heteroatoms. The van der Waals surface area contributed by atoms with E-state index in [2.05, 4.69) is 42.3 Å². The van der Waals surface area contributed by atoms with Gasteiger partial charge in [-0.3, -0.25) is 9.58 Å². The first-order valence-corrected chi connectivity index (χ1v) is 8.01. The number of piperidine rings is 1. The second-order valence-corrected chi connectivity index (χ2v) is 6.28. The molecule has 4 nitrogen and oxygen atoms in total. The van der Waals surface area contributed by atoms with E-state index in [9.17, 15) is 0 Å². The van der Waals surface area contributed by atoms with Crippen LogP contribution in [0.25, 0.3) is 0 Å². The lowest BCUT2D eigenvalue weighted by molar-refractivity contribution is 0.0450. The summed E-state index contributed by atoms with van der Waals surface area (Å²) in [5.74, 6) is 0. The Morgan fingerprint density at radius 2 is 2.05 bits per heavy atom. The van der Waals surface area contributed by atoms with E-state index in [-0.39, 0.29) is 5.54 Å². The lowest BCUT2D eigenvalue weighted by Gasteiger charge is -2.48. The largest absolute Gasteiger partial charge is 0.315 e. The Morgan fingerprint density at radius 1 is 1.35 bits per heavy atom. The molecule has 2 heterocycles. The van der Waals surface area contributed by atoms with Crippen LogP contribution in [0.5, 0.6) is 0 Å². The zero-order valence-corrected chi connectivity index (χ0v) is 13.5. The average molecular weight is 278 g/mol. The van der Waals surface area contributed by atoms with Crippen LogP contribution in [0.2, 0.25) is 0 Å². The van der Waals surface area contributed by atoms with Gasteiger partial charge in [0.05, 0.1) is 5.69 Å². The van der Waals surface area contributed by atoms with Crippen molar-refractivity contribution < 1.29 is 0 Å². The molecule has 2 rings (SSSR count). The third kappa shape index (κ3) is 3.23. The van der Waals surface area contributed by atoms with Gasteiger partial charge in [0.2, 0.25) is 0 Å². The zero-order valence-electron chi connectivity index (χ0n) is 13.5. The Labute approximate surface area is 123 Å². The fraction of sp³-hybridized carbons (Fsp3) is 0.812. The van der Waals surface area contributed by atoms with Crippen LogP contribution in [-0.2, 0) is 13.5 Å². The number of nitrogens with zero attached hydrogens (tertiary/aromatic N) is 3.